The molecule has 0 saturated heterocycles. The number of carboxylic acids is 1. The van der Waals surface area contributed by atoms with E-state index in [9.17, 15) is 14.0 Å². The minimum Gasteiger partial charge on any atom is -0.476 e. The van der Waals surface area contributed by atoms with Crippen LogP contribution in [-0.2, 0) is 6.54 Å². The number of aromatic carboxylic acids is 1. The Labute approximate surface area is 113 Å². The summed E-state index contributed by atoms with van der Waals surface area (Å²) in [5.74, 6) is -2.34. The number of imidazole rings is 1. The maximum atomic E-state index is 12.8. The van der Waals surface area contributed by atoms with Crippen molar-refractivity contribution < 1.29 is 19.1 Å². The number of rotatable bonds is 5. The lowest BCUT2D eigenvalue weighted by Gasteiger charge is -2.05. The van der Waals surface area contributed by atoms with Gasteiger partial charge in [-0.25, -0.2) is 14.8 Å². The van der Waals surface area contributed by atoms with Gasteiger partial charge in [0.05, 0.1) is 6.33 Å². The van der Waals surface area contributed by atoms with Crippen LogP contribution in [-0.4, -0.2) is 38.1 Å². The van der Waals surface area contributed by atoms with Gasteiger partial charge in [-0.2, -0.15) is 4.39 Å². The van der Waals surface area contributed by atoms with Crippen molar-refractivity contribution >= 4 is 11.9 Å². The fourth-order valence-electron chi connectivity index (χ4n) is 1.52. The normalized spacial score (nSPS) is 10.2. The van der Waals surface area contributed by atoms with Crippen LogP contribution < -0.4 is 5.32 Å². The van der Waals surface area contributed by atoms with Gasteiger partial charge in [0, 0.05) is 19.3 Å². The first-order valence-electron chi connectivity index (χ1n) is 5.72. The van der Waals surface area contributed by atoms with Gasteiger partial charge < -0.3 is 15.0 Å². The average molecular weight is 278 g/mol. The highest BCUT2D eigenvalue weighted by atomic mass is 19.1. The van der Waals surface area contributed by atoms with E-state index in [1.54, 1.807) is 0 Å². The molecule has 2 rings (SSSR count). The fourth-order valence-corrected chi connectivity index (χ4v) is 1.52. The van der Waals surface area contributed by atoms with Crippen LogP contribution in [0, 0.1) is 5.95 Å². The summed E-state index contributed by atoms with van der Waals surface area (Å²) >= 11 is 0. The number of amides is 1. The van der Waals surface area contributed by atoms with Crippen LogP contribution in [0.5, 0.6) is 0 Å². The van der Waals surface area contributed by atoms with E-state index in [1.165, 1.54) is 29.2 Å². The highest BCUT2D eigenvalue weighted by molar-refractivity contribution is 5.92. The van der Waals surface area contributed by atoms with E-state index in [1.807, 2.05) is 0 Å². The summed E-state index contributed by atoms with van der Waals surface area (Å²) in [5.41, 5.74) is -0.0787. The van der Waals surface area contributed by atoms with E-state index >= 15 is 0 Å². The van der Waals surface area contributed by atoms with Crippen LogP contribution >= 0.6 is 0 Å². The van der Waals surface area contributed by atoms with Crippen molar-refractivity contribution in [1.29, 1.82) is 0 Å². The van der Waals surface area contributed by atoms with Gasteiger partial charge in [0.1, 0.15) is 5.69 Å². The number of carbonyl (C=O) groups excluding carboxylic acids is 1. The molecule has 2 aromatic rings. The Bertz CT molecular complexity index is 641. The highest BCUT2D eigenvalue weighted by Crippen LogP contribution is 1.98. The third kappa shape index (κ3) is 3.37. The first kappa shape index (κ1) is 13.7. The summed E-state index contributed by atoms with van der Waals surface area (Å²) in [6, 6.07) is 3.94. The van der Waals surface area contributed by atoms with Crippen LogP contribution in [0.2, 0.25) is 0 Å². The van der Waals surface area contributed by atoms with Gasteiger partial charge in [0.2, 0.25) is 5.95 Å². The molecule has 0 radical (unpaired) electrons. The Balaban J connectivity index is 1.86. The number of pyridine rings is 1. The quantitative estimate of drug-likeness (QED) is 0.778. The van der Waals surface area contributed by atoms with Gasteiger partial charge in [0.15, 0.2) is 5.69 Å². The molecule has 8 heteroatoms. The third-order valence-corrected chi connectivity index (χ3v) is 2.46. The minimum atomic E-state index is -1.11. The summed E-state index contributed by atoms with van der Waals surface area (Å²) in [6.45, 7) is 0.591. The first-order chi connectivity index (χ1) is 9.56. The molecular weight excluding hydrogens is 267 g/mol. The molecule has 1 amide bonds. The van der Waals surface area contributed by atoms with Crippen LogP contribution in [0.15, 0.2) is 30.7 Å². The van der Waals surface area contributed by atoms with Crippen molar-refractivity contribution in [1.82, 2.24) is 19.9 Å². The van der Waals surface area contributed by atoms with Crippen molar-refractivity contribution in [2.24, 2.45) is 0 Å². The molecule has 0 aromatic carbocycles. The van der Waals surface area contributed by atoms with Crippen LogP contribution in [0.3, 0.4) is 0 Å². The zero-order chi connectivity index (χ0) is 14.5. The Morgan fingerprint density at radius 1 is 1.35 bits per heavy atom. The van der Waals surface area contributed by atoms with E-state index in [0.717, 1.165) is 6.07 Å². The molecule has 0 aliphatic carbocycles. The number of carbonyl (C=O) groups is 2. The Morgan fingerprint density at radius 2 is 2.15 bits per heavy atom. The average Bonchev–Trinajstić information content (AvgIpc) is 2.87. The molecular formula is C12H11FN4O3. The highest BCUT2D eigenvalue weighted by Gasteiger charge is 2.08. The predicted octanol–water partition coefficient (Wildman–Crippen LogP) is 0.545. The smallest absolute Gasteiger partial charge is 0.356 e. The molecule has 2 aromatic heterocycles. The molecule has 0 bridgehead atoms. The van der Waals surface area contributed by atoms with Crippen LogP contribution in [0.1, 0.15) is 21.0 Å². The molecule has 0 saturated carbocycles. The molecule has 0 fully saturated rings. The zero-order valence-corrected chi connectivity index (χ0v) is 10.3. The number of aromatic nitrogens is 3. The molecule has 20 heavy (non-hydrogen) atoms. The summed E-state index contributed by atoms with van der Waals surface area (Å²) < 4.78 is 14.4. The summed E-state index contributed by atoms with van der Waals surface area (Å²) in [6.07, 6.45) is 2.71. The number of hydrogen-bond donors (Lipinski definition) is 2. The third-order valence-electron chi connectivity index (χ3n) is 2.46. The van der Waals surface area contributed by atoms with Gasteiger partial charge in [-0.05, 0) is 12.1 Å². The lowest BCUT2D eigenvalue weighted by Crippen LogP contribution is -2.27. The Hall–Kier alpha value is -2.77. The van der Waals surface area contributed by atoms with Gasteiger partial charge in [-0.1, -0.05) is 6.07 Å². The summed E-state index contributed by atoms with van der Waals surface area (Å²) in [4.78, 5) is 29.4. The van der Waals surface area contributed by atoms with Crippen LogP contribution in [0.25, 0.3) is 0 Å². The standard InChI is InChI=1S/C12H11FN4O3/c13-10-3-1-2-8(16-10)11(18)14-4-5-17-6-9(12(19)20)15-7-17/h1-3,6-7H,4-5H2,(H,14,18)(H,19,20). The molecule has 0 aliphatic rings. The number of nitrogens with one attached hydrogen (secondary N) is 1. The number of carboxylic acid groups (broad SMARTS) is 1. The van der Waals surface area contributed by atoms with Gasteiger partial charge >= 0.3 is 5.97 Å². The second kappa shape index (κ2) is 5.91. The fraction of sp³-hybridized carbons (Fsp3) is 0.167. The van der Waals surface area contributed by atoms with Crippen molar-refractivity contribution in [2.75, 3.05) is 6.54 Å². The summed E-state index contributed by atoms with van der Waals surface area (Å²) in [7, 11) is 0. The molecule has 0 aliphatic heterocycles. The van der Waals surface area contributed by atoms with Gasteiger partial charge in [-0.3, -0.25) is 4.79 Å². The minimum absolute atomic E-state index is 0.0122. The molecule has 7 nitrogen and oxygen atoms in total. The molecule has 104 valence electrons. The van der Waals surface area contributed by atoms with Crippen molar-refractivity contribution in [3.05, 3.63) is 48.1 Å². The summed E-state index contributed by atoms with van der Waals surface area (Å²) in [5, 5.41) is 11.2. The molecule has 0 unspecified atom stereocenters. The maximum absolute atomic E-state index is 12.8. The van der Waals surface area contributed by atoms with Crippen molar-refractivity contribution in [3.8, 4) is 0 Å². The van der Waals surface area contributed by atoms with E-state index in [-0.39, 0.29) is 17.9 Å². The SMILES string of the molecule is O=C(O)c1cn(CCNC(=O)c2cccc(F)n2)cn1. The van der Waals surface area contributed by atoms with Crippen molar-refractivity contribution in [2.45, 2.75) is 6.54 Å². The second-order valence-corrected chi connectivity index (χ2v) is 3.90. The van der Waals surface area contributed by atoms with Gasteiger partial charge in [-0.15, -0.1) is 0 Å². The molecule has 0 spiro atoms. The number of nitrogens with zero attached hydrogens (tertiary/aromatic N) is 3. The van der Waals surface area contributed by atoms with Crippen LogP contribution in [0.4, 0.5) is 4.39 Å². The van der Waals surface area contributed by atoms with E-state index in [0.29, 0.717) is 6.54 Å². The Morgan fingerprint density at radius 3 is 2.80 bits per heavy atom. The zero-order valence-electron chi connectivity index (χ0n) is 10.3. The lowest BCUT2D eigenvalue weighted by molar-refractivity contribution is 0.0690. The van der Waals surface area contributed by atoms with E-state index < -0.39 is 17.8 Å². The van der Waals surface area contributed by atoms with E-state index in [4.69, 9.17) is 5.11 Å². The van der Waals surface area contributed by atoms with Gasteiger partial charge in [0.25, 0.3) is 5.91 Å². The predicted molar refractivity (Wildman–Crippen MR) is 65.7 cm³/mol. The Kier molecular flexibility index (Phi) is 4.04. The van der Waals surface area contributed by atoms with E-state index in [2.05, 4.69) is 15.3 Å². The maximum Gasteiger partial charge on any atom is 0.356 e. The molecule has 0 atom stereocenters. The molecule has 2 N–H and O–H groups in total. The van der Waals surface area contributed by atoms with Crippen molar-refractivity contribution in [3.63, 3.8) is 0 Å². The second-order valence-electron chi connectivity index (χ2n) is 3.90. The number of hydrogen-bond acceptors (Lipinski definition) is 4. The monoisotopic (exact) mass is 278 g/mol. The molecule has 2 heterocycles. The largest absolute Gasteiger partial charge is 0.476 e. The first-order valence-corrected chi connectivity index (χ1v) is 5.72. The topological polar surface area (TPSA) is 97.1 Å². The number of halogens is 1. The lowest BCUT2D eigenvalue weighted by atomic mass is 10.3.